The Bertz CT molecular complexity index is 761. The molecule has 1 N–H and O–H groups in total. The van der Waals surface area contributed by atoms with Crippen LogP contribution in [0.1, 0.15) is 23.8 Å². The number of fused-ring (bicyclic) bond motifs is 1. The van der Waals surface area contributed by atoms with Crippen LogP contribution in [-0.2, 0) is 19.5 Å². The van der Waals surface area contributed by atoms with Crippen LogP contribution in [0.3, 0.4) is 0 Å². The Morgan fingerprint density at radius 2 is 2.41 bits per heavy atom. The van der Waals surface area contributed by atoms with E-state index in [0.29, 0.717) is 6.04 Å². The fourth-order valence-electron chi connectivity index (χ4n) is 2.78. The molecule has 3 aromatic rings. The van der Waals surface area contributed by atoms with Crippen molar-refractivity contribution in [2.24, 2.45) is 0 Å². The van der Waals surface area contributed by atoms with E-state index in [1.54, 1.807) is 17.6 Å². The van der Waals surface area contributed by atoms with E-state index in [-0.39, 0.29) is 0 Å². The molecule has 0 bridgehead atoms. The average Bonchev–Trinajstić information content (AvgIpc) is 3.26. The predicted octanol–water partition coefficient (Wildman–Crippen LogP) is 2.41. The van der Waals surface area contributed by atoms with Crippen LogP contribution in [0.4, 0.5) is 0 Å². The van der Waals surface area contributed by atoms with Gasteiger partial charge in [-0.25, -0.2) is 4.98 Å². The number of furan rings is 1. The fourth-order valence-corrected chi connectivity index (χ4v) is 3.57. The Balaban J connectivity index is 1.38. The molecule has 1 aliphatic rings. The van der Waals surface area contributed by atoms with Crippen molar-refractivity contribution < 1.29 is 4.42 Å². The molecule has 0 saturated carbocycles. The summed E-state index contributed by atoms with van der Waals surface area (Å²) in [6.07, 6.45) is 3.75. The van der Waals surface area contributed by atoms with Crippen molar-refractivity contribution in [2.75, 3.05) is 0 Å². The number of rotatable bonds is 4. The summed E-state index contributed by atoms with van der Waals surface area (Å²) >= 11 is 1.62. The van der Waals surface area contributed by atoms with E-state index in [1.807, 2.05) is 19.1 Å². The number of aromatic nitrogens is 4. The standard InChI is InChI=1S/C15H17N5OS/c1-10-18-19-14-5-4-11(8-20(10)14)16-7-12-9-22-15(17-12)13-3-2-6-21-13/h2-3,6,9,11,16H,4-5,7-8H2,1H3/t11-/m1/s1. The van der Waals surface area contributed by atoms with Gasteiger partial charge in [0.2, 0.25) is 0 Å². The molecule has 3 aromatic heterocycles. The van der Waals surface area contributed by atoms with E-state index in [1.165, 1.54) is 0 Å². The Labute approximate surface area is 132 Å². The first-order chi connectivity index (χ1) is 10.8. The Kier molecular flexibility index (Phi) is 3.51. The van der Waals surface area contributed by atoms with Crippen LogP contribution in [0.25, 0.3) is 10.8 Å². The minimum absolute atomic E-state index is 0.441. The van der Waals surface area contributed by atoms with Gasteiger partial charge >= 0.3 is 0 Å². The molecular formula is C15H17N5OS. The molecule has 0 aliphatic carbocycles. The number of thiazole rings is 1. The third-order valence-electron chi connectivity index (χ3n) is 3.99. The van der Waals surface area contributed by atoms with Crippen molar-refractivity contribution in [1.29, 1.82) is 0 Å². The van der Waals surface area contributed by atoms with Gasteiger partial charge in [0, 0.05) is 30.9 Å². The van der Waals surface area contributed by atoms with E-state index < -0.39 is 0 Å². The predicted molar refractivity (Wildman–Crippen MR) is 83.5 cm³/mol. The van der Waals surface area contributed by atoms with Gasteiger partial charge in [0.15, 0.2) is 10.8 Å². The molecule has 0 saturated heterocycles. The molecule has 0 amide bonds. The van der Waals surface area contributed by atoms with Crippen molar-refractivity contribution in [2.45, 2.75) is 38.9 Å². The molecule has 6 nitrogen and oxygen atoms in total. The zero-order valence-electron chi connectivity index (χ0n) is 12.3. The van der Waals surface area contributed by atoms with Gasteiger partial charge in [-0.2, -0.15) is 0 Å². The molecule has 1 atom stereocenters. The summed E-state index contributed by atoms with van der Waals surface area (Å²) in [7, 11) is 0. The molecule has 4 heterocycles. The van der Waals surface area contributed by atoms with E-state index in [2.05, 4.69) is 30.4 Å². The van der Waals surface area contributed by atoms with E-state index in [0.717, 1.165) is 54.0 Å². The maximum atomic E-state index is 5.38. The van der Waals surface area contributed by atoms with Crippen molar-refractivity contribution in [3.63, 3.8) is 0 Å². The topological polar surface area (TPSA) is 68.8 Å². The molecule has 7 heteroatoms. The first-order valence-corrected chi connectivity index (χ1v) is 8.28. The Hall–Kier alpha value is -1.99. The van der Waals surface area contributed by atoms with Gasteiger partial charge < -0.3 is 14.3 Å². The third kappa shape index (κ3) is 2.57. The maximum absolute atomic E-state index is 5.38. The zero-order chi connectivity index (χ0) is 14.9. The fraction of sp³-hybridized carbons (Fsp3) is 0.400. The largest absolute Gasteiger partial charge is 0.462 e. The highest BCUT2D eigenvalue weighted by Crippen LogP contribution is 2.24. The lowest BCUT2D eigenvalue weighted by molar-refractivity contribution is 0.374. The van der Waals surface area contributed by atoms with Crippen LogP contribution in [-0.4, -0.2) is 25.8 Å². The average molecular weight is 315 g/mol. The summed E-state index contributed by atoms with van der Waals surface area (Å²) in [6, 6.07) is 4.26. The van der Waals surface area contributed by atoms with Crippen LogP contribution < -0.4 is 5.32 Å². The lowest BCUT2D eigenvalue weighted by Gasteiger charge is -2.24. The Morgan fingerprint density at radius 3 is 3.27 bits per heavy atom. The lowest BCUT2D eigenvalue weighted by atomic mass is 10.1. The highest BCUT2D eigenvalue weighted by atomic mass is 32.1. The Morgan fingerprint density at radius 1 is 1.45 bits per heavy atom. The molecule has 0 spiro atoms. The van der Waals surface area contributed by atoms with E-state index in [9.17, 15) is 0 Å². The van der Waals surface area contributed by atoms with Crippen LogP contribution in [0, 0.1) is 6.92 Å². The molecular weight excluding hydrogens is 298 g/mol. The lowest BCUT2D eigenvalue weighted by Crippen LogP contribution is -2.37. The monoisotopic (exact) mass is 315 g/mol. The maximum Gasteiger partial charge on any atom is 0.162 e. The number of hydrogen-bond acceptors (Lipinski definition) is 6. The van der Waals surface area contributed by atoms with E-state index in [4.69, 9.17) is 4.42 Å². The van der Waals surface area contributed by atoms with Gasteiger partial charge in [-0.1, -0.05) is 0 Å². The molecule has 0 radical (unpaired) electrons. The number of nitrogens with one attached hydrogen (secondary N) is 1. The quantitative estimate of drug-likeness (QED) is 0.800. The summed E-state index contributed by atoms with van der Waals surface area (Å²) in [6.45, 7) is 3.72. The highest BCUT2D eigenvalue weighted by molar-refractivity contribution is 7.13. The van der Waals surface area contributed by atoms with Gasteiger partial charge in [0.25, 0.3) is 0 Å². The second-order valence-corrected chi connectivity index (χ2v) is 6.37. The molecule has 0 aromatic carbocycles. The summed E-state index contributed by atoms with van der Waals surface area (Å²) < 4.78 is 7.59. The molecule has 0 unspecified atom stereocenters. The van der Waals surface area contributed by atoms with Crippen LogP contribution in [0.2, 0.25) is 0 Å². The van der Waals surface area contributed by atoms with Gasteiger partial charge in [-0.15, -0.1) is 21.5 Å². The minimum atomic E-state index is 0.441. The van der Waals surface area contributed by atoms with Crippen molar-refractivity contribution in [3.8, 4) is 10.8 Å². The number of aryl methyl sites for hydroxylation is 2. The summed E-state index contributed by atoms with van der Waals surface area (Å²) in [5.41, 5.74) is 1.06. The minimum Gasteiger partial charge on any atom is -0.462 e. The second-order valence-electron chi connectivity index (χ2n) is 5.51. The van der Waals surface area contributed by atoms with Gasteiger partial charge in [0.1, 0.15) is 11.6 Å². The molecule has 0 fully saturated rings. The van der Waals surface area contributed by atoms with Crippen molar-refractivity contribution >= 4 is 11.3 Å². The molecule has 22 heavy (non-hydrogen) atoms. The highest BCUT2D eigenvalue weighted by Gasteiger charge is 2.21. The van der Waals surface area contributed by atoms with Gasteiger partial charge in [-0.05, 0) is 25.5 Å². The number of nitrogens with zero attached hydrogens (tertiary/aromatic N) is 4. The van der Waals surface area contributed by atoms with E-state index >= 15 is 0 Å². The third-order valence-corrected chi connectivity index (χ3v) is 4.89. The first-order valence-electron chi connectivity index (χ1n) is 7.40. The van der Waals surface area contributed by atoms with Gasteiger partial charge in [0.05, 0.1) is 12.0 Å². The summed E-state index contributed by atoms with van der Waals surface area (Å²) in [5.74, 6) is 2.93. The molecule has 1 aliphatic heterocycles. The van der Waals surface area contributed by atoms with Crippen LogP contribution in [0.5, 0.6) is 0 Å². The van der Waals surface area contributed by atoms with Crippen molar-refractivity contribution in [1.82, 2.24) is 25.1 Å². The molecule has 114 valence electrons. The summed E-state index contributed by atoms with van der Waals surface area (Å²) in [5, 5.41) is 15.0. The zero-order valence-corrected chi connectivity index (χ0v) is 13.1. The summed E-state index contributed by atoms with van der Waals surface area (Å²) in [4.78, 5) is 4.62. The van der Waals surface area contributed by atoms with Gasteiger partial charge in [-0.3, -0.25) is 0 Å². The smallest absolute Gasteiger partial charge is 0.162 e. The SMILES string of the molecule is Cc1nnc2n1C[C@H](NCc1csc(-c3ccco3)n1)CC2. The normalized spacial score (nSPS) is 17.6. The van der Waals surface area contributed by atoms with Crippen LogP contribution >= 0.6 is 11.3 Å². The second kappa shape index (κ2) is 5.66. The molecule has 4 rings (SSSR count). The van der Waals surface area contributed by atoms with Crippen LogP contribution in [0.15, 0.2) is 28.2 Å². The number of hydrogen-bond donors (Lipinski definition) is 1. The first kappa shape index (κ1) is 13.7. The van der Waals surface area contributed by atoms with Crippen molar-refractivity contribution in [3.05, 3.63) is 41.1 Å².